The summed E-state index contributed by atoms with van der Waals surface area (Å²) in [7, 11) is 3.34. The van der Waals surface area contributed by atoms with Gasteiger partial charge in [0.15, 0.2) is 0 Å². The first-order valence-electron chi connectivity index (χ1n) is 5.28. The maximum absolute atomic E-state index is 12.0. The third-order valence-corrected chi connectivity index (χ3v) is 2.96. The summed E-state index contributed by atoms with van der Waals surface area (Å²) in [6, 6.07) is 7.39. The summed E-state index contributed by atoms with van der Waals surface area (Å²) in [5.41, 5.74) is 6.06. The second-order valence-electron chi connectivity index (χ2n) is 4.22. The van der Waals surface area contributed by atoms with Crippen LogP contribution < -0.4 is 15.4 Å². The molecule has 0 aromatic heterocycles. The molecular formula is C12H16N2O2. The fourth-order valence-electron chi connectivity index (χ4n) is 1.62. The average molecular weight is 220 g/mol. The van der Waals surface area contributed by atoms with Gasteiger partial charge in [-0.2, -0.15) is 0 Å². The van der Waals surface area contributed by atoms with E-state index in [2.05, 4.69) is 0 Å². The lowest BCUT2D eigenvalue weighted by Crippen LogP contribution is -2.43. The van der Waals surface area contributed by atoms with E-state index < -0.39 is 5.54 Å². The molecule has 2 N–H and O–H groups in total. The summed E-state index contributed by atoms with van der Waals surface area (Å²) in [4.78, 5) is 13.6. The molecule has 4 heteroatoms. The van der Waals surface area contributed by atoms with E-state index in [0.29, 0.717) is 0 Å². The molecule has 0 radical (unpaired) electrons. The molecule has 1 aliphatic rings. The van der Waals surface area contributed by atoms with Gasteiger partial charge in [0.1, 0.15) is 5.75 Å². The van der Waals surface area contributed by atoms with Crippen LogP contribution in [-0.2, 0) is 4.79 Å². The third-order valence-electron chi connectivity index (χ3n) is 2.96. The van der Waals surface area contributed by atoms with Gasteiger partial charge in [0.25, 0.3) is 0 Å². The van der Waals surface area contributed by atoms with Crippen molar-refractivity contribution in [3.8, 4) is 5.75 Å². The van der Waals surface area contributed by atoms with Gasteiger partial charge < -0.3 is 15.4 Å². The Hall–Kier alpha value is -1.55. The van der Waals surface area contributed by atoms with E-state index in [1.807, 2.05) is 24.3 Å². The number of nitrogens with two attached hydrogens (primary N) is 1. The van der Waals surface area contributed by atoms with E-state index in [4.69, 9.17) is 10.5 Å². The SMILES string of the molecule is COc1cccc(N(C)C(=O)C2(N)CC2)c1. The van der Waals surface area contributed by atoms with Gasteiger partial charge in [0.05, 0.1) is 12.6 Å². The van der Waals surface area contributed by atoms with Crippen molar-refractivity contribution in [2.75, 3.05) is 19.1 Å². The van der Waals surface area contributed by atoms with Gasteiger partial charge in [-0.25, -0.2) is 0 Å². The van der Waals surface area contributed by atoms with Gasteiger partial charge >= 0.3 is 0 Å². The summed E-state index contributed by atoms with van der Waals surface area (Å²) in [6.07, 6.45) is 1.56. The predicted octanol–water partition coefficient (Wildman–Crippen LogP) is 1.15. The number of amides is 1. The number of hydrogen-bond acceptors (Lipinski definition) is 3. The molecule has 0 saturated heterocycles. The number of anilines is 1. The molecular weight excluding hydrogens is 204 g/mol. The van der Waals surface area contributed by atoms with Crippen LogP contribution in [0, 0.1) is 0 Å². The van der Waals surface area contributed by atoms with Crippen molar-refractivity contribution in [1.29, 1.82) is 0 Å². The van der Waals surface area contributed by atoms with E-state index >= 15 is 0 Å². The fourth-order valence-corrected chi connectivity index (χ4v) is 1.62. The molecule has 0 aliphatic heterocycles. The minimum absolute atomic E-state index is 0.0271. The summed E-state index contributed by atoms with van der Waals surface area (Å²) >= 11 is 0. The van der Waals surface area contributed by atoms with E-state index in [9.17, 15) is 4.79 Å². The summed E-state index contributed by atoms with van der Waals surface area (Å²) in [5, 5.41) is 0. The van der Waals surface area contributed by atoms with Crippen LogP contribution in [0.2, 0.25) is 0 Å². The Kier molecular flexibility index (Phi) is 2.59. The van der Waals surface area contributed by atoms with Crippen molar-refractivity contribution in [1.82, 2.24) is 0 Å². The largest absolute Gasteiger partial charge is 0.497 e. The molecule has 1 aromatic rings. The van der Waals surface area contributed by atoms with Crippen molar-refractivity contribution in [3.63, 3.8) is 0 Å². The number of rotatable bonds is 3. The molecule has 0 unspecified atom stereocenters. The van der Waals surface area contributed by atoms with E-state index in [1.165, 1.54) is 0 Å². The topological polar surface area (TPSA) is 55.6 Å². The molecule has 1 aromatic carbocycles. The smallest absolute Gasteiger partial charge is 0.246 e. The van der Waals surface area contributed by atoms with E-state index in [-0.39, 0.29) is 5.91 Å². The Labute approximate surface area is 95.0 Å². The van der Waals surface area contributed by atoms with Crippen LogP contribution in [0.4, 0.5) is 5.69 Å². The minimum atomic E-state index is -0.627. The Balaban J connectivity index is 2.19. The third kappa shape index (κ3) is 1.88. The molecule has 1 saturated carbocycles. The van der Waals surface area contributed by atoms with E-state index in [1.54, 1.807) is 19.1 Å². The van der Waals surface area contributed by atoms with Crippen molar-refractivity contribution < 1.29 is 9.53 Å². The van der Waals surface area contributed by atoms with Gasteiger partial charge in [-0.05, 0) is 25.0 Å². The van der Waals surface area contributed by atoms with E-state index in [0.717, 1.165) is 24.3 Å². The molecule has 86 valence electrons. The predicted molar refractivity (Wildman–Crippen MR) is 62.6 cm³/mol. The van der Waals surface area contributed by atoms with Crippen molar-refractivity contribution in [3.05, 3.63) is 24.3 Å². The molecule has 1 aliphatic carbocycles. The zero-order chi connectivity index (χ0) is 11.8. The number of nitrogens with zero attached hydrogens (tertiary/aromatic N) is 1. The highest BCUT2D eigenvalue weighted by atomic mass is 16.5. The number of carbonyl (C=O) groups is 1. The van der Waals surface area contributed by atoms with Gasteiger partial charge in [0, 0.05) is 18.8 Å². The molecule has 4 nitrogen and oxygen atoms in total. The normalized spacial score (nSPS) is 16.7. The number of likely N-dealkylation sites (N-methyl/N-ethyl adjacent to an activating group) is 1. The number of ether oxygens (including phenoxy) is 1. The maximum atomic E-state index is 12.0. The van der Waals surface area contributed by atoms with Crippen LogP contribution in [0.5, 0.6) is 5.75 Å². The summed E-state index contributed by atoms with van der Waals surface area (Å²) in [6.45, 7) is 0. The molecule has 16 heavy (non-hydrogen) atoms. The summed E-state index contributed by atoms with van der Waals surface area (Å²) < 4.78 is 5.12. The highest BCUT2D eigenvalue weighted by Crippen LogP contribution is 2.35. The van der Waals surface area contributed by atoms with Gasteiger partial charge in [-0.15, -0.1) is 0 Å². The molecule has 1 fully saturated rings. The van der Waals surface area contributed by atoms with Crippen LogP contribution >= 0.6 is 0 Å². The lowest BCUT2D eigenvalue weighted by molar-refractivity contribution is -0.120. The van der Waals surface area contributed by atoms with Crippen LogP contribution in [0.15, 0.2) is 24.3 Å². The lowest BCUT2D eigenvalue weighted by atomic mass is 10.2. The van der Waals surface area contributed by atoms with Crippen LogP contribution in [0.25, 0.3) is 0 Å². The molecule has 0 heterocycles. The van der Waals surface area contributed by atoms with Crippen LogP contribution in [0.1, 0.15) is 12.8 Å². The number of carbonyl (C=O) groups excluding carboxylic acids is 1. The van der Waals surface area contributed by atoms with Crippen molar-refractivity contribution >= 4 is 11.6 Å². The van der Waals surface area contributed by atoms with Crippen LogP contribution in [-0.4, -0.2) is 25.6 Å². The Morgan fingerprint density at radius 3 is 2.75 bits per heavy atom. The van der Waals surface area contributed by atoms with Gasteiger partial charge in [-0.3, -0.25) is 4.79 Å². The second kappa shape index (κ2) is 3.79. The molecule has 1 amide bonds. The second-order valence-corrected chi connectivity index (χ2v) is 4.22. The monoisotopic (exact) mass is 220 g/mol. The molecule has 0 atom stereocenters. The quantitative estimate of drug-likeness (QED) is 0.831. The first-order valence-corrected chi connectivity index (χ1v) is 5.28. The van der Waals surface area contributed by atoms with Gasteiger partial charge in [0.2, 0.25) is 5.91 Å². The van der Waals surface area contributed by atoms with Gasteiger partial charge in [-0.1, -0.05) is 6.07 Å². The molecule has 0 spiro atoms. The molecule has 2 rings (SSSR count). The number of methoxy groups -OCH3 is 1. The first-order chi connectivity index (χ1) is 7.57. The van der Waals surface area contributed by atoms with Crippen LogP contribution in [0.3, 0.4) is 0 Å². The number of benzene rings is 1. The standard InChI is InChI=1S/C12H16N2O2/c1-14(11(15)12(13)6-7-12)9-4-3-5-10(8-9)16-2/h3-5,8H,6-7,13H2,1-2H3. The minimum Gasteiger partial charge on any atom is -0.497 e. The summed E-state index contributed by atoms with van der Waals surface area (Å²) in [5.74, 6) is 0.708. The Bertz CT molecular complexity index is 413. The Morgan fingerprint density at radius 2 is 2.19 bits per heavy atom. The lowest BCUT2D eigenvalue weighted by Gasteiger charge is -2.21. The zero-order valence-electron chi connectivity index (χ0n) is 9.56. The maximum Gasteiger partial charge on any atom is 0.246 e. The molecule has 0 bridgehead atoms. The zero-order valence-corrected chi connectivity index (χ0v) is 9.56. The number of hydrogen-bond donors (Lipinski definition) is 1. The Morgan fingerprint density at radius 1 is 1.50 bits per heavy atom. The highest BCUT2D eigenvalue weighted by molar-refractivity contribution is 6.01. The first kappa shape index (κ1) is 11.0. The fraction of sp³-hybridized carbons (Fsp3) is 0.417. The average Bonchev–Trinajstić information content (AvgIpc) is 3.07. The van der Waals surface area contributed by atoms with Crippen molar-refractivity contribution in [2.24, 2.45) is 5.73 Å². The highest BCUT2D eigenvalue weighted by Gasteiger charge is 2.47. The van der Waals surface area contributed by atoms with Crippen molar-refractivity contribution in [2.45, 2.75) is 18.4 Å².